The molecule has 2 aromatic carbocycles. The first-order valence-electron chi connectivity index (χ1n) is 10.2. The number of nitrogens with zero attached hydrogens (tertiary/aromatic N) is 2. The van der Waals surface area contributed by atoms with Gasteiger partial charge in [-0.05, 0) is 49.7 Å². The largest absolute Gasteiger partial charge is 0.483 e. The predicted octanol–water partition coefficient (Wildman–Crippen LogP) is 3.99. The number of hydrogen-bond donors (Lipinski definition) is 1. The zero-order valence-electron chi connectivity index (χ0n) is 17.9. The van der Waals surface area contributed by atoms with Crippen molar-refractivity contribution in [2.24, 2.45) is 0 Å². The van der Waals surface area contributed by atoms with E-state index in [0.29, 0.717) is 16.0 Å². The molecule has 1 amide bonds. The summed E-state index contributed by atoms with van der Waals surface area (Å²) in [5.41, 5.74) is 1.45. The van der Waals surface area contributed by atoms with Crippen molar-refractivity contribution in [3.05, 3.63) is 63.1 Å². The van der Waals surface area contributed by atoms with Gasteiger partial charge in [0, 0.05) is 46.8 Å². The third kappa shape index (κ3) is 6.92. The summed E-state index contributed by atoms with van der Waals surface area (Å²) < 4.78 is 38.1. The van der Waals surface area contributed by atoms with E-state index in [-0.39, 0.29) is 35.9 Å². The Hall–Kier alpha value is -1.65. The molecule has 1 aliphatic rings. The molecule has 1 fully saturated rings. The highest BCUT2D eigenvalue weighted by molar-refractivity contribution is 9.10. The quantitative estimate of drug-likeness (QED) is 0.530. The molecule has 1 aliphatic heterocycles. The van der Waals surface area contributed by atoms with Gasteiger partial charge in [-0.25, -0.2) is 0 Å². The van der Waals surface area contributed by atoms with Crippen LogP contribution in [0.15, 0.2) is 46.9 Å². The zero-order valence-corrected chi connectivity index (χ0v) is 21.0. The van der Waals surface area contributed by atoms with E-state index in [0.717, 1.165) is 18.7 Å². The number of carbonyl (C=O) groups is 1. The van der Waals surface area contributed by atoms with E-state index in [1.54, 1.807) is 23.1 Å². The van der Waals surface area contributed by atoms with Crippen LogP contribution in [0.3, 0.4) is 0 Å². The summed E-state index contributed by atoms with van der Waals surface area (Å²) >= 11 is 9.24. The minimum Gasteiger partial charge on any atom is -0.483 e. The molecule has 0 bridgehead atoms. The molecule has 1 saturated heterocycles. The Kier molecular flexibility index (Phi) is 8.21. The maximum absolute atomic E-state index is 12.9. The van der Waals surface area contributed by atoms with Gasteiger partial charge < -0.3 is 9.64 Å². The van der Waals surface area contributed by atoms with Crippen LogP contribution >= 0.6 is 27.5 Å². The summed E-state index contributed by atoms with van der Waals surface area (Å²) in [6.45, 7) is 5.94. The minimum absolute atomic E-state index is 0.00296. The van der Waals surface area contributed by atoms with Crippen molar-refractivity contribution in [3.63, 3.8) is 0 Å². The van der Waals surface area contributed by atoms with Gasteiger partial charge in [-0.3, -0.25) is 14.2 Å². The van der Waals surface area contributed by atoms with Crippen LogP contribution < -0.4 is 4.74 Å². The lowest BCUT2D eigenvalue weighted by Crippen LogP contribution is -2.58. The third-order valence-electron chi connectivity index (χ3n) is 5.45. The molecule has 2 atom stereocenters. The van der Waals surface area contributed by atoms with Gasteiger partial charge in [-0.1, -0.05) is 39.7 Å². The molecule has 2 aromatic rings. The van der Waals surface area contributed by atoms with Gasteiger partial charge in [-0.2, -0.15) is 8.42 Å². The van der Waals surface area contributed by atoms with Crippen molar-refractivity contribution >= 4 is 43.6 Å². The van der Waals surface area contributed by atoms with E-state index >= 15 is 0 Å². The van der Waals surface area contributed by atoms with Crippen molar-refractivity contribution < 1.29 is 22.5 Å². The van der Waals surface area contributed by atoms with E-state index in [1.807, 2.05) is 31.2 Å². The van der Waals surface area contributed by atoms with Crippen molar-refractivity contribution in [1.29, 1.82) is 0 Å². The molecule has 174 valence electrons. The number of amides is 1. The molecule has 7 nitrogen and oxygen atoms in total. The monoisotopic (exact) mass is 544 g/mol. The molecule has 1 heterocycles. The average molecular weight is 546 g/mol. The van der Waals surface area contributed by atoms with Crippen LogP contribution in [-0.4, -0.2) is 60.5 Å². The average Bonchev–Trinajstić information content (AvgIpc) is 2.70. The standard InChI is InChI=1S/C22H26BrClN2O5S/c1-15-11-26(16(2)10-25(15)12-17-3-6-20(24)7-4-17)22(27)13-31-21-8-5-19(23)9-18(21)14-32(28,29)30/h3-9,15-16H,10-14H2,1-2H3,(H,28,29,30)/t15-,16+/m0/s1. The number of rotatable bonds is 7. The van der Waals surface area contributed by atoms with E-state index in [2.05, 4.69) is 27.8 Å². The van der Waals surface area contributed by atoms with Crippen molar-refractivity contribution in [3.8, 4) is 5.75 Å². The first-order valence-corrected chi connectivity index (χ1v) is 12.9. The SMILES string of the molecule is C[C@@H]1CN(Cc2ccc(Cl)cc2)[C@@H](C)CN1C(=O)COc1ccc(Br)cc1CS(=O)(=O)O. The fraction of sp³-hybridized carbons (Fsp3) is 0.409. The van der Waals surface area contributed by atoms with Crippen LogP contribution in [0.1, 0.15) is 25.0 Å². The maximum atomic E-state index is 12.9. The predicted molar refractivity (Wildman–Crippen MR) is 127 cm³/mol. The van der Waals surface area contributed by atoms with Crippen molar-refractivity contribution in [2.45, 2.75) is 38.2 Å². The minimum atomic E-state index is -4.23. The van der Waals surface area contributed by atoms with Gasteiger partial charge in [0.1, 0.15) is 11.5 Å². The first-order chi connectivity index (χ1) is 15.0. The van der Waals surface area contributed by atoms with Crippen LogP contribution in [0.2, 0.25) is 5.02 Å². The zero-order chi connectivity index (χ0) is 23.5. The van der Waals surface area contributed by atoms with Gasteiger partial charge in [-0.15, -0.1) is 0 Å². The molecule has 10 heteroatoms. The molecule has 0 aliphatic carbocycles. The number of ether oxygens (including phenoxy) is 1. The first kappa shape index (κ1) is 25.0. The third-order valence-corrected chi connectivity index (χ3v) is 6.87. The second-order valence-electron chi connectivity index (χ2n) is 8.07. The van der Waals surface area contributed by atoms with Crippen LogP contribution in [0, 0.1) is 0 Å². The highest BCUT2D eigenvalue weighted by Crippen LogP contribution is 2.26. The van der Waals surface area contributed by atoms with E-state index in [9.17, 15) is 17.8 Å². The molecule has 3 rings (SSSR count). The Morgan fingerprint density at radius 1 is 1.16 bits per heavy atom. The Balaban J connectivity index is 1.61. The molecule has 0 saturated carbocycles. The Morgan fingerprint density at radius 3 is 2.50 bits per heavy atom. The maximum Gasteiger partial charge on any atom is 0.269 e. The second-order valence-corrected chi connectivity index (χ2v) is 10.9. The number of hydrogen-bond acceptors (Lipinski definition) is 5. The summed E-state index contributed by atoms with van der Waals surface area (Å²) in [5.74, 6) is -0.510. The van der Waals surface area contributed by atoms with E-state index in [4.69, 9.17) is 16.3 Å². The summed E-state index contributed by atoms with van der Waals surface area (Å²) in [4.78, 5) is 17.0. The van der Waals surface area contributed by atoms with Crippen molar-refractivity contribution in [1.82, 2.24) is 9.80 Å². The summed E-state index contributed by atoms with van der Waals surface area (Å²) in [6, 6.07) is 12.7. The highest BCUT2D eigenvalue weighted by Gasteiger charge is 2.32. The topological polar surface area (TPSA) is 87.2 Å². The fourth-order valence-electron chi connectivity index (χ4n) is 3.81. The number of piperazine rings is 1. The molecular weight excluding hydrogens is 520 g/mol. The molecule has 0 spiro atoms. The number of halogens is 2. The Labute approximate surface area is 202 Å². The van der Waals surface area contributed by atoms with Crippen LogP contribution in [0.4, 0.5) is 0 Å². The molecule has 1 N–H and O–H groups in total. The molecule has 0 aromatic heterocycles. The van der Waals surface area contributed by atoms with Gasteiger partial charge >= 0.3 is 0 Å². The normalized spacial score (nSPS) is 19.7. The lowest BCUT2D eigenvalue weighted by Gasteiger charge is -2.44. The molecule has 32 heavy (non-hydrogen) atoms. The van der Waals surface area contributed by atoms with Gasteiger partial charge in [0.25, 0.3) is 16.0 Å². The molecule has 0 radical (unpaired) electrons. The molecule has 0 unspecified atom stereocenters. The highest BCUT2D eigenvalue weighted by atomic mass is 79.9. The smallest absolute Gasteiger partial charge is 0.269 e. The summed E-state index contributed by atoms with van der Waals surface area (Å²) in [6.07, 6.45) is 0. The fourth-order valence-corrected chi connectivity index (χ4v) is 4.96. The van der Waals surface area contributed by atoms with Crippen LogP contribution in [-0.2, 0) is 27.2 Å². The van der Waals surface area contributed by atoms with Crippen LogP contribution in [0.25, 0.3) is 0 Å². The lowest BCUT2D eigenvalue weighted by atomic mass is 10.1. The number of benzene rings is 2. The molecular formula is C22H26BrClN2O5S. The van der Waals surface area contributed by atoms with Gasteiger partial charge in [0.2, 0.25) is 0 Å². The Morgan fingerprint density at radius 2 is 1.84 bits per heavy atom. The van der Waals surface area contributed by atoms with Crippen molar-refractivity contribution in [2.75, 3.05) is 19.7 Å². The van der Waals surface area contributed by atoms with Gasteiger partial charge in [0.15, 0.2) is 6.61 Å². The van der Waals surface area contributed by atoms with Crippen LogP contribution in [0.5, 0.6) is 5.75 Å². The van der Waals surface area contributed by atoms with E-state index in [1.165, 1.54) is 0 Å². The summed E-state index contributed by atoms with van der Waals surface area (Å²) in [5, 5.41) is 0.705. The summed E-state index contributed by atoms with van der Waals surface area (Å²) in [7, 11) is -4.23. The van der Waals surface area contributed by atoms with Gasteiger partial charge in [0.05, 0.1) is 0 Å². The number of carbonyl (C=O) groups excluding carboxylic acids is 1. The lowest BCUT2D eigenvalue weighted by molar-refractivity contribution is -0.139. The second kappa shape index (κ2) is 10.5. The Bertz CT molecular complexity index is 1060. The van der Waals surface area contributed by atoms with E-state index < -0.39 is 15.9 Å².